The summed E-state index contributed by atoms with van der Waals surface area (Å²) < 4.78 is 2.15. The molecule has 0 radical (unpaired) electrons. The lowest BCUT2D eigenvalue weighted by Gasteiger charge is -2.14. The van der Waals surface area contributed by atoms with Gasteiger partial charge in [-0.05, 0) is 25.0 Å². The second kappa shape index (κ2) is 4.41. The average Bonchev–Trinajstić information content (AvgIpc) is 2.89. The summed E-state index contributed by atoms with van der Waals surface area (Å²) in [6.45, 7) is 4.44. The number of rotatable bonds is 3. The van der Waals surface area contributed by atoms with E-state index in [0.29, 0.717) is 5.92 Å². The van der Waals surface area contributed by atoms with Crippen molar-refractivity contribution < 1.29 is 0 Å². The van der Waals surface area contributed by atoms with Crippen LogP contribution in [-0.4, -0.2) is 14.4 Å². The van der Waals surface area contributed by atoms with Gasteiger partial charge in [-0.15, -0.1) is 0 Å². The molecule has 3 heteroatoms. The van der Waals surface area contributed by atoms with Crippen molar-refractivity contribution in [3.63, 3.8) is 0 Å². The summed E-state index contributed by atoms with van der Waals surface area (Å²) in [6, 6.07) is 8.24. The lowest BCUT2D eigenvalue weighted by molar-refractivity contribution is 0.628. The Bertz CT molecular complexity index is 680. The number of nitrogens with zero attached hydrogens (tertiary/aromatic N) is 3. The average molecular weight is 239 g/mol. The van der Waals surface area contributed by atoms with E-state index in [0.717, 1.165) is 29.4 Å². The third-order valence-corrected chi connectivity index (χ3v) is 3.66. The van der Waals surface area contributed by atoms with Crippen molar-refractivity contribution in [2.45, 2.75) is 32.6 Å². The van der Waals surface area contributed by atoms with Crippen LogP contribution in [0.4, 0.5) is 0 Å². The number of benzene rings is 1. The number of para-hydroxylation sites is 2. The van der Waals surface area contributed by atoms with E-state index in [1.54, 1.807) is 0 Å². The van der Waals surface area contributed by atoms with E-state index in [1.165, 1.54) is 5.69 Å². The highest BCUT2D eigenvalue weighted by atomic mass is 15.0. The maximum atomic E-state index is 4.86. The second-order valence-electron chi connectivity index (χ2n) is 4.65. The third-order valence-electron chi connectivity index (χ3n) is 3.66. The Balaban J connectivity index is 2.38. The second-order valence-corrected chi connectivity index (χ2v) is 4.65. The van der Waals surface area contributed by atoms with E-state index in [-0.39, 0.29) is 0 Å². The largest absolute Gasteiger partial charge is 0.295 e. The van der Waals surface area contributed by atoms with Crippen molar-refractivity contribution in [2.75, 3.05) is 0 Å². The molecule has 0 N–H and O–H groups in total. The monoisotopic (exact) mass is 239 g/mol. The summed E-state index contributed by atoms with van der Waals surface area (Å²) in [5, 5.41) is 0. The molecule has 92 valence electrons. The number of fused-ring (bicyclic) bond motifs is 3. The standard InChI is InChI=1S/C15H17N3/c1-3-11(4-2)15-14-9-16-10-18(14)13-8-6-5-7-12(13)17-15/h5-11H,3-4H2,1-2H3. The molecule has 3 aromatic rings. The van der Waals surface area contributed by atoms with Gasteiger partial charge in [-0.25, -0.2) is 9.97 Å². The molecule has 1 aromatic carbocycles. The Hall–Kier alpha value is -1.90. The number of aromatic nitrogens is 3. The predicted molar refractivity (Wildman–Crippen MR) is 73.8 cm³/mol. The Morgan fingerprint density at radius 1 is 1.11 bits per heavy atom. The maximum absolute atomic E-state index is 4.86. The first-order valence-electron chi connectivity index (χ1n) is 6.55. The molecule has 0 spiro atoms. The lowest BCUT2D eigenvalue weighted by atomic mass is 9.98. The van der Waals surface area contributed by atoms with Crippen LogP contribution in [0.5, 0.6) is 0 Å². The Kier molecular flexibility index (Phi) is 2.74. The topological polar surface area (TPSA) is 30.2 Å². The molecule has 0 bridgehead atoms. The van der Waals surface area contributed by atoms with Crippen LogP contribution in [0.1, 0.15) is 38.3 Å². The van der Waals surface area contributed by atoms with Gasteiger partial charge in [0, 0.05) is 5.92 Å². The zero-order chi connectivity index (χ0) is 12.5. The molecule has 0 aliphatic rings. The van der Waals surface area contributed by atoms with Crippen LogP contribution in [-0.2, 0) is 0 Å². The normalized spacial score (nSPS) is 11.7. The molecular formula is C15H17N3. The van der Waals surface area contributed by atoms with E-state index in [2.05, 4.69) is 35.4 Å². The van der Waals surface area contributed by atoms with Crippen LogP contribution >= 0.6 is 0 Å². The number of imidazole rings is 1. The highest BCUT2D eigenvalue weighted by molar-refractivity contribution is 5.79. The van der Waals surface area contributed by atoms with Gasteiger partial charge >= 0.3 is 0 Å². The maximum Gasteiger partial charge on any atom is 0.0998 e. The first-order chi connectivity index (χ1) is 8.85. The van der Waals surface area contributed by atoms with E-state index in [9.17, 15) is 0 Å². The van der Waals surface area contributed by atoms with Gasteiger partial charge in [0.15, 0.2) is 0 Å². The van der Waals surface area contributed by atoms with Crippen LogP contribution in [0.3, 0.4) is 0 Å². The van der Waals surface area contributed by atoms with Gasteiger partial charge in [0.2, 0.25) is 0 Å². The zero-order valence-electron chi connectivity index (χ0n) is 10.8. The minimum Gasteiger partial charge on any atom is -0.295 e. The first-order valence-corrected chi connectivity index (χ1v) is 6.55. The summed E-state index contributed by atoms with van der Waals surface area (Å²) in [6.07, 6.45) is 6.03. The van der Waals surface area contributed by atoms with E-state index >= 15 is 0 Å². The molecule has 2 heterocycles. The van der Waals surface area contributed by atoms with Crippen LogP contribution in [0, 0.1) is 0 Å². The molecule has 0 aliphatic carbocycles. The van der Waals surface area contributed by atoms with Gasteiger partial charge in [-0.1, -0.05) is 26.0 Å². The van der Waals surface area contributed by atoms with Crippen LogP contribution in [0.2, 0.25) is 0 Å². The Labute approximate surface area is 106 Å². The molecule has 2 aromatic heterocycles. The first kappa shape index (κ1) is 11.2. The molecule has 0 saturated heterocycles. The quantitative estimate of drug-likeness (QED) is 0.696. The molecule has 18 heavy (non-hydrogen) atoms. The van der Waals surface area contributed by atoms with E-state index < -0.39 is 0 Å². The summed E-state index contributed by atoms with van der Waals surface area (Å²) in [7, 11) is 0. The molecule has 3 rings (SSSR count). The molecular weight excluding hydrogens is 222 g/mol. The lowest BCUT2D eigenvalue weighted by Crippen LogP contribution is -2.03. The van der Waals surface area contributed by atoms with Gasteiger partial charge < -0.3 is 0 Å². The Morgan fingerprint density at radius 2 is 1.89 bits per heavy atom. The third kappa shape index (κ3) is 1.58. The van der Waals surface area contributed by atoms with E-state index in [1.807, 2.05) is 24.7 Å². The fourth-order valence-corrected chi connectivity index (χ4v) is 2.60. The van der Waals surface area contributed by atoms with Crippen LogP contribution in [0.25, 0.3) is 16.6 Å². The van der Waals surface area contributed by atoms with E-state index in [4.69, 9.17) is 4.98 Å². The summed E-state index contributed by atoms with van der Waals surface area (Å²) >= 11 is 0. The number of hydrogen-bond acceptors (Lipinski definition) is 2. The van der Waals surface area contributed by atoms with Gasteiger partial charge in [0.05, 0.1) is 34.8 Å². The van der Waals surface area contributed by atoms with Crippen molar-refractivity contribution in [1.29, 1.82) is 0 Å². The highest BCUT2D eigenvalue weighted by Crippen LogP contribution is 2.27. The predicted octanol–water partition coefficient (Wildman–Crippen LogP) is 3.79. The molecule has 3 nitrogen and oxygen atoms in total. The minimum absolute atomic E-state index is 0.508. The van der Waals surface area contributed by atoms with Gasteiger partial charge in [0.25, 0.3) is 0 Å². The fourth-order valence-electron chi connectivity index (χ4n) is 2.60. The molecule has 0 aliphatic heterocycles. The molecule has 0 fully saturated rings. The molecule has 0 amide bonds. The van der Waals surface area contributed by atoms with Crippen molar-refractivity contribution in [2.24, 2.45) is 0 Å². The highest BCUT2D eigenvalue weighted by Gasteiger charge is 2.15. The van der Waals surface area contributed by atoms with Crippen molar-refractivity contribution in [1.82, 2.24) is 14.4 Å². The Morgan fingerprint density at radius 3 is 2.67 bits per heavy atom. The summed E-state index contributed by atoms with van der Waals surface area (Å²) in [5.74, 6) is 0.508. The van der Waals surface area contributed by atoms with Gasteiger partial charge in [-0.2, -0.15) is 0 Å². The smallest absolute Gasteiger partial charge is 0.0998 e. The zero-order valence-corrected chi connectivity index (χ0v) is 10.8. The molecule has 0 unspecified atom stereocenters. The minimum atomic E-state index is 0.508. The van der Waals surface area contributed by atoms with Gasteiger partial charge in [0.1, 0.15) is 0 Å². The SMILES string of the molecule is CCC(CC)c1nc2ccccc2n2cncc12. The number of hydrogen-bond donors (Lipinski definition) is 0. The van der Waals surface area contributed by atoms with Crippen LogP contribution < -0.4 is 0 Å². The molecule has 0 saturated carbocycles. The van der Waals surface area contributed by atoms with Gasteiger partial charge in [-0.3, -0.25) is 4.40 Å². The van der Waals surface area contributed by atoms with Crippen LogP contribution in [0.15, 0.2) is 36.8 Å². The molecule has 0 atom stereocenters. The van der Waals surface area contributed by atoms with Crippen molar-refractivity contribution >= 4 is 16.6 Å². The summed E-state index contributed by atoms with van der Waals surface area (Å²) in [4.78, 5) is 9.14. The van der Waals surface area contributed by atoms with Crippen molar-refractivity contribution in [3.05, 3.63) is 42.5 Å². The fraction of sp³-hybridized carbons (Fsp3) is 0.333. The summed E-state index contributed by atoms with van der Waals surface area (Å²) in [5.41, 5.74) is 4.49. The van der Waals surface area contributed by atoms with Crippen molar-refractivity contribution in [3.8, 4) is 0 Å².